The maximum atomic E-state index is 13.2. The lowest BCUT2D eigenvalue weighted by molar-refractivity contribution is -0.158. The summed E-state index contributed by atoms with van der Waals surface area (Å²) in [4.78, 5) is 13.2. The molecule has 0 aromatic rings. The molecule has 0 amide bonds. The topological polar surface area (TPSA) is 46.5 Å². The molecule has 178 valence electrons. The minimum atomic E-state index is -1.96. The maximum Gasteiger partial charge on any atom is 0.192 e. The van der Waals surface area contributed by atoms with Gasteiger partial charge in [-0.15, -0.1) is 11.6 Å². The molecule has 3 nitrogen and oxygen atoms in total. The van der Waals surface area contributed by atoms with Crippen LogP contribution in [0.25, 0.3) is 0 Å². The van der Waals surface area contributed by atoms with Gasteiger partial charge in [0.05, 0.1) is 11.5 Å². The largest absolute Gasteiger partial charge is 0.414 e. The van der Waals surface area contributed by atoms with Gasteiger partial charge < -0.3 is 9.53 Å². The highest BCUT2D eigenvalue weighted by Crippen LogP contribution is 2.72. The summed E-state index contributed by atoms with van der Waals surface area (Å²) in [6.45, 7) is 18.5. The minimum absolute atomic E-state index is 0.0153. The molecule has 0 saturated heterocycles. The summed E-state index contributed by atoms with van der Waals surface area (Å²) in [6, 6.07) is 0. The van der Waals surface area contributed by atoms with Gasteiger partial charge in [-0.05, 0) is 79.3 Å². The van der Waals surface area contributed by atoms with Gasteiger partial charge >= 0.3 is 0 Å². The van der Waals surface area contributed by atoms with Crippen molar-refractivity contribution in [1.82, 2.24) is 0 Å². The molecule has 0 heterocycles. The second-order valence-corrected chi connectivity index (χ2v) is 18.9. The first-order valence-electron chi connectivity index (χ1n) is 12.6. The Labute approximate surface area is 196 Å². The van der Waals surface area contributed by atoms with Gasteiger partial charge in [-0.25, -0.2) is 0 Å². The van der Waals surface area contributed by atoms with E-state index in [0.717, 1.165) is 44.9 Å². The summed E-state index contributed by atoms with van der Waals surface area (Å²) in [5.41, 5.74) is -0.316. The first-order chi connectivity index (χ1) is 14.1. The van der Waals surface area contributed by atoms with E-state index in [2.05, 4.69) is 54.6 Å². The maximum absolute atomic E-state index is 13.2. The molecular formula is C26H45ClO3Si. The van der Waals surface area contributed by atoms with E-state index in [1.165, 1.54) is 0 Å². The van der Waals surface area contributed by atoms with Gasteiger partial charge in [0, 0.05) is 17.4 Å². The van der Waals surface area contributed by atoms with E-state index in [-0.39, 0.29) is 56.5 Å². The van der Waals surface area contributed by atoms with Crippen LogP contribution in [0.3, 0.4) is 0 Å². The Balaban J connectivity index is 1.75. The standard InChI is InChI=1S/C26H45ClO3Si/c1-23(2,3)31(7,8)30-19-10-9-12-25(6)17(19)15-18-21(29)22(27)26(18)13-11-16(14-20(25)28)24(26,4)5/h16-20,22,28H,9-15H2,1-8H3/t16?,17-,18?,19-,20-,22?,25+,26+/m0/s1. The molecule has 2 bridgehead atoms. The molecule has 8 atom stereocenters. The van der Waals surface area contributed by atoms with Crippen LogP contribution in [0, 0.1) is 34.0 Å². The van der Waals surface area contributed by atoms with Crippen molar-refractivity contribution in [3.63, 3.8) is 0 Å². The smallest absolute Gasteiger partial charge is 0.192 e. The fraction of sp³-hybridized carbons (Fsp3) is 0.962. The van der Waals surface area contributed by atoms with Gasteiger partial charge in [0.1, 0.15) is 0 Å². The van der Waals surface area contributed by atoms with Crippen LogP contribution in [-0.2, 0) is 9.22 Å². The minimum Gasteiger partial charge on any atom is -0.414 e. The number of rotatable bonds is 2. The van der Waals surface area contributed by atoms with E-state index >= 15 is 0 Å². The van der Waals surface area contributed by atoms with Gasteiger partial charge in [0.2, 0.25) is 0 Å². The number of halogens is 1. The molecular weight excluding hydrogens is 424 g/mol. The van der Waals surface area contributed by atoms with Crippen molar-refractivity contribution in [2.75, 3.05) is 0 Å². The number of aliphatic hydroxyl groups is 1. The Morgan fingerprint density at radius 1 is 1.10 bits per heavy atom. The summed E-state index contributed by atoms with van der Waals surface area (Å²) in [7, 11) is -1.96. The number of aliphatic hydroxyl groups excluding tert-OH is 1. The molecule has 5 heteroatoms. The first kappa shape index (κ1) is 24.2. The molecule has 0 radical (unpaired) electrons. The Kier molecular flexibility index (Phi) is 5.70. The Morgan fingerprint density at radius 2 is 1.74 bits per heavy atom. The molecule has 31 heavy (non-hydrogen) atoms. The van der Waals surface area contributed by atoms with Crippen LogP contribution >= 0.6 is 11.6 Å². The summed E-state index contributed by atoms with van der Waals surface area (Å²) >= 11 is 6.83. The third kappa shape index (κ3) is 3.21. The average molecular weight is 469 g/mol. The molecule has 1 N–H and O–H groups in total. The molecule has 0 aromatic heterocycles. The number of hydrogen-bond donors (Lipinski definition) is 1. The van der Waals surface area contributed by atoms with Gasteiger partial charge in [0.15, 0.2) is 14.1 Å². The van der Waals surface area contributed by atoms with Crippen molar-refractivity contribution in [2.45, 2.75) is 122 Å². The molecule has 4 aliphatic carbocycles. The number of Topliss-reactive ketones (excluding diaryl/α,β-unsaturated/α-hetero) is 1. The second kappa shape index (κ2) is 7.30. The zero-order valence-electron chi connectivity index (χ0n) is 21.1. The highest BCUT2D eigenvalue weighted by molar-refractivity contribution is 6.74. The predicted molar refractivity (Wildman–Crippen MR) is 130 cm³/mol. The van der Waals surface area contributed by atoms with E-state index in [9.17, 15) is 9.90 Å². The van der Waals surface area contributed by atoms with Gasteiger partial charge in [-0.1, -0.05) is 48.0 Å². The lowest BCUT2D eigenvalue weighted by Gasteiger charge is -2.60. The normalized spacial score (nSPS) is 47.5. The molecule has 4 aliphatic rings. The molecule has 0 aromatic carbocycles. The van der Waals surface area contributed by atoms with Gasteiger partial charge in [-0.3, -0.25) is 4.79 Å². The SMILES string of the molecule is CC1(C)C2CC[C@@]13C(Cl)C(=O)C3C[C@H]1[C@@H](O[Si](C)(C)C(C)(C)C)CCC[C@@]1(C)[C@@H](O)C2. The zero-order valence-corrected chi connectivity index (χ0v) is 22.8. The van der Waals surface area contributed by atoms with Crippen molar-refractivity contribution in [2.24, 2.45) is 34.0 Å². The van der Waals surface area contributed by atoms with E-state index in [0.29, 0.717) is 5.92 Å². The van der Waals surface area contributed by atoms with Crippen LogP contribution in [-0.4, -0.2) is 36.8 Å². The van der Waals surface area contributed by atoms with Crippen LogP contribution in [0.15, 0.2) is 0 Å². The molecule has 0 aliphatic heterocycles. The molecule has 4 saturated carbocycles. The van der Waals surface area contributed by atoms with E-state index in [4.69, 9.17) is 16.0 Å². The summed E-state index contributed by atoms with van der Waals surface area (Å²) < 4.78 is 7.05. The summed E-state index contributed by atoms with van der Waals surface area (Å²) in [5.74, 6) is 0.922. The Bertz CT molecular complexity index is 743. The second-order valence-electron chi connectivity index (χ2n) is 13.7. The Hall–Kier alpha value is 0.0969. The van der Waals surface area contributed by atoms with E-state index in [1.54, 1.807) is 0 Å². The highest BCUT2D eigenvalue weighted by Gasteiger charge is 2.72. The number of carbonyl (C=O) groups excluding carboxylic acids is 1. The van der Waals surface area contributed by atoms with Crippen molar-refractivity contribution >= 4 is 25.7 Å². The molecule has 3 unspecified atom stereocenters. The van der Waals surface area contributed by atoms with E-state index < -0.39 is 8.32 Å². The van der Waals surface area contributed by atoms with Crippen LogP contribution in [0.4, 0.5) is 0 Å². The average Bonchev–Trinajstić information content (AvgIpc) is 2.92. The molecule has 1 spiro atoms. The summed E-state index contributed by atoms with van der Waals surface area (Å²) in [5, 5.41) is 11.5. The van der Waals surface area contributed by atoms with Crippen molar-refractivity contribution < 1.29 is 14.3 Å². The third-order valence-corrected chi connectivity index (χ3v) is 16.4. The first-order valence-corrected chi connectivity index (χ1v) is 16.0. The fourth-order valence-corrected chi connectivity index (χ4v) is 9.96. The van der Waals surface area contributed by atoms with Crippen LogP contribution in [0.2, 0.25) is 18.1 Å². The van der Waals surface area contributed by atoms with Crippen LogP contribution in [0.1, 0.15) is 86.5 Å². The number of carbonyl (C=O) groups is 1. The highest BCUT2D eigenvalue weighted by atomic mass is 35.5. The molecule has 4 fully saturated rings. The third-order valence-electron chi connectivity index (χ3n) is 11.3. The lowest BCUT2D eigenvalue weighted by atomic mass is 9.46. The van der Waals surface area contributed by atoms with Crippen molar-refractivity contribution in [3.05, 3.63) is 0 Å². The number of hydrogen-bond acceptors (Lipinski definition) is 3. The van der Waals surface area contributed by atoms with Gasteiger partial charge in [0.25, 0.3) is 0 Å². The monoisotopic (exact) mass is 468 g/mol. The predicted octanol–water partition coefficient (Wildman–Crippen LogP) is 6.57. The number of alkyl halides is 1. The van der Waals surface area contributed by atoms with Crippen molar-refractivity contribution in [1.29, 1.82) is 0 Å². The fourth-order valence-electron chi connectivity index (χ4n) is 7.88. The number of ketones is 1. The van der Waals surface area contributed by atoms with Crippen LogP contribution < -0.4 is 0 Å². The quantitative estimate of drug-likeness (QED) is 0.368. The van der Waals surface area contributed by atoms with Crippen LogP contribution in [0.5, 0.6) is 0 Å². The van der Waals surface area contributed by atoms with Crippen molar-refractivity contribution in [3.8, 4) is 0 Å². The zero-order chi connectivity index (χ0) is 23.2. The lowest BCUT2D eigenvalue weighted by Crippen LogP contribution is -2.65. The number of fused-ring (bicyclic) bond motifs is 2. The van der Waals surface area contributed by atoms with Gasteiger partial charge in [-0.2, -0.15) is 0 Å². The molecule has 4 rings (SSSR count). The summed E-state index contributed by atoms with van der Waals surface area (Å²) in [6.07, 6.45) is 6.74. The Morgan fingerprint density at radius 3 is 2.35 bits per heavy atom. The van der Waals surface area contributed by atoms with E-state index in [1.807, 2.05) is 0 Å².